The predicted molar refractivity (Wildman–Crippen MR) is 108 cm³/mol. The second-order valence-electron chi connectivity index (χ2n) is 7.37. The van der Waals surface area contributed by atoms with Crippen LogP contribution < -0.4 is 14.8 Å². The van der Waals surface area contributed by atoms with Gasteiger partial charge in [-0.05, 0) is 36.8 Å². The van der Waals surface area contributed by atoms with Gasteiger partial charge in [-0.1, -0.05) is 18.2 Å². The van der Waals surface area contributed by atoms with Gasteiger partial charge in [0.05, 0.1) is 30.3 Å². The molecule has 1 aliphatic rings. The summed E-state index contributed by atoms with van der Waals surface area (Å²) in [5.74, 6) is -0.0785. The minimum Gasteiger partial charge on any atom is -0.490 e. The molecule has 4 rings (SSSR count). The number of hydrogen-bond acceptors (Lipinski definition) is 4. The van der Waals surface area contributed by atoms with Crippen LogP contribution in [0, 0.1) is 0 Å². The summed E-state index contributed by atoms with van der Waals surface area (Å²) in [5, 5.41) is 2.84. The number of nitrogens with zero attached hydrogens (tertiary/aromatic N) is 2. The molecule has 0 radical (unpaired) electrons. The van der Waals surface area contributed by atoms with Crippen LogP contribution in [-0.2, 0) is 17.5 Å². The Balaban J connectivity index is 1.45. The lowest BCUT2D eigenvalue weighted by Gasteiger charge is -2.17. The third-order valence-electron chi connectivity index (χ3n) is 5.12. The molecule has 0 spiro atoms. The Morgan fingerprint density at radius 2 is 1.90 bits per heavy atom. The van der Waals surface area contributed by atoms with E-state index >= 15 is 0 Å². The number of hydrogen-bond donors (Lipinski definition) is 1. The van der Waals surface area contributed by atoms with Crippen molar-refractivity contribution in [3.63, 3.8) is 0 Å². The van der Waals surface area contributed by atoms with Crippen LogP contribution >= 0.6 is 0 Å². The molecule has 1 aromatic heterocycles. The highest BCUT2D eigenvalue weighted by Crippen LogP contribution is 2.33. The van der Waals surface area contributed by atoms with Crippen LogP contribution in [0.15, 0.2) is 42.5 Å². The van der Waals surface area contributed by atoms with Crippen molar-refractivity contribution in [2.45, 2.75) is 38.5 Å². The molecular formula is C22H22F3N3O3. The zero-order chi connectivity index (χ0) is 22.0. The fourth-order valence-corrected chi connectivity index (χ4v) is 3.58. The zero-order valence-electron chi connectivity index (χ0n) is 16.9. The Morgan fingerprint density at radius 3 is 2.68 bits per heavy atom. The average molecular weight is 433 g/mol. The Hall–Kier alpha value is -3.23. The van der Waals surface area contributed by atoms with Gasteiger partial charge in [0.15, 0.2) is 11.5 Å². The van der Waals surface area contributed by atoms with Crippen LogP contribution in [0.3, 0.4) is 0 Å². The van der Waals surface area contributed by atoms with Crippen LogP contribution in [0.1, 0.15) is 37.2 Å². The standard InChI is InChI=1S/C22H22F3N3O3/c1-14(15-7-8-18-19(13-15)31-12-4-11-30-18)26-20(29)9-10-28-17-6-3-2-5-16(17)27-21(28)22(23,24)25/h2-3,5-8,13-14H,4,9-12H2,1H3,(H,26,29). The molecule has 6 nitrogen and oxygen atoms in total. The van der Waals surface area contributed by atoms with Crippen LogP contribution in [-0.4, -0.2) is 28.7 Å². The summed E-state index contributed by atoms with van der Waals surface area (Å²) in [7, 11) is 0. The highest BCUT2D eigenvalue weighted by atomic mass is 19.4. The summed E-state index contributed by atoms with van der Waals surface area (Å²) < 4.78 is 52.5. The number of nitrogens with one attached hydrogen (secondary N) is 1. The number of amides is 1. The van der Waals surface area contributed by atoms with Gasteiger partial charge in [0.2, 0.25) is 11.7 Å². The lowest BCUT2D eigenvalue weighted by atomic mass is 10.1. The van der Waals surface area contributed by atoms with Gasteiger partial charge in [0.25, 0.3) is 0 Å². The van der Waals surface area contributed by atoms with Crippen molar-refractivity contribution < 1.29 is 27.4 Å². The first kappa shape index (κ1) is 21.0. The molecule has 3 aromatic rings. The Kier molecular flexibility index (Phi) is 5.75. The molecule has 0 aliphatic carbocycles. The summed E-state index contributed by atoms with van der Waals surface area (Å²) in [4.78, 5) is 16.2. The van der Waals surface area contributed by atoms with Crippen molar-refractivity contribution in [1.29, 1.82) is 0 Å². The number of carbonyl (C=O) groups is 1. The second-order valence-corrected chi connectivity index (χ2v) is 7.37. The molecule has 2 heterocycles. The quantitative estimate of drug-likeness (QED) is 0.644. The van der Waals surface area contributed by atoms with E-state index in [1.807, 2.05) is 19.1 Å². The smallest absolute Gasteiger partial charge is 0.449 e. The van der Waals surface area contributed by atoms with E-state index in [1.165, 1.54) is 6.07 Å². The Bertz CT molecular complexity index is 1090. The second kappa shape index (κ2) is 8.49. The van der Waals surface area contributed by atoms with E-state index in [-0.39, 0.29) is 30.4 Å². The minimum atomic E-state index is -4.60. The minimum absolute atomic E-state index is 0.113. The van der Waals surface area contributed by atoms with Crippen molar-refractivity contribution in [2.75, 3.05) is 13.2 Å². The maximum absolute atomic E-state index is 13.4. The van der Waals surface area contributed by atoms with Gasteiger partial charge in [-0.3, -0.25) is 4.79 Å². The Morgan fingerprint density at radius 1 is 1.16 bits per heavy atom. The molecule has 0 bridgehead atoms. The van der Waals surface area contributed by atoms with Gasteiger partial charge in [-0.25, -0.2) is 4.98 Å². The number of benzene rings is 2. The topological polar surface area (TPSA) is 65.4 Å². The van der Waals surface area contributed by atoms with Crippen molar-refractivity contribution in [1.82, 2.24) is 14.9 Å². The van der Waals surface area contributed by atoms with Crippen molar-refractivity contribution >= 4 is 16.9 Å². The van der Waals surface area contributed by atoms with E-state index in [2.05, 4.69) is 10.3 Å². The molecule has 1 N–H and O–H groups in total. The molecule has 0 saturated carbocycles. The molecule has 1 unspecified atom stereocenters. The summed E-state index contributed by atoms with van der Waals surface area (Å²) in [6, 6.07) is 11.5. The van der Waals surface area contributed by atoms with Gasteiger partial charge < -0.3 is 19.4 Å². The molecule has 0 fully saturated rings. The molecular weight excluding hydrogens is 411 g/mol. The molecule has 2 aromatic carbocycles. The Labute approximate surface area is 177 Å². The van der Waals surface area contributed by atoms with Gasteiger partial charge >= 0.3 is 6.18 Å². The van der Waals surface area contributed by atoms with Crippen molar-refractivity contribution in [3.05, 3.63) is 53.9 Å². The maximum Gasteiger partial charge on any atom is 0.449 e. The molecule has 164 valence electrons. The summed E-state index contributed by atoms with van der Waals surface area (Å²) >= 11 is 0. The molecule has 0 saturated heterocycles. The van der Waals surface area contributed by atoms with E-state index in [1.54, 1.807) is 24.3 Å². The zero-order valence-corrected chi connectivity index (χ0v) is 16.9. The van der Waals surface area contributed by atoms with Crippen molar-refractivity contribution in [3.8, 4) is 11.5 Å². The number of para-hydroxylation sites is 2. The van der Waals surface area contributed by atoms with Gasteiger partial charge in [0.1, 0.15) is 0 Å². The monoisotopic (exact) mass is 433 g/mol. The summed E-state index contributed by atoms with van der Waals surface area (Å²) in [6.07, 6.45) is -3.93. The third-order valence-corrected chi connectivity index (χ3v) is 5.12. The van der Waals surface area contributed by atoms with Crippen LogP contribution in [0.4, 0.5) is 13.2 Å². The van der Waals surface area contributed by atoms with Crippen molar-refractivity contribution in [2.24, 2.45) is 0 Å². The molecule has 1 amide bonds. The number of ether oxygens (including phenoxy) is 2. The highest BCUT2D eigenvalue weighted by molar-refractivity contribution is 5.78. The maximum atomic E-state index is 13.4. The lowest BCUT2D eigenvalue weighted by Crippen LogP contribution is -2.28. The van der Waals surface area contributed by atoms with Crippen LogP contribution in [0.2, 0.25) is 0 Å². The summed E-state index contributed by atoms with van der Waals surface area (Å²) in [6.45, 7) is 2.82. The average Bonchev–Trinajstić information content (AvgIpc) is 2.95. The molecule has 31 heavy (non-hydrogen) atoms. The number of imidazole rings is 1. The first-order chi connectivity index (χ1) is 14.8. The highest BCUT2D eigenvalue weighted by Gasteiger charge is 2.37. The van der Waals surface area contributed by atoms with E-state index < -0.39 is 12.0 Å². The first-order valence-corrected chi connectivity index (χ1v) is 10.0. The molecule has 9 heteroatoms. The fraction of sp³-hybridized carbons (Fsp3) is 0.364. The van der Waals surface area contributed by atoms with E-state index in [0.717, 1.165) is 16.6 Å². The number of carbonyl (C=O) groups excluding carboxylic acids is 1. The number of aromatic nitrogens is 2. The van der Waals surface area contributed by atoms with Crippen LogP contribution in [0.25, 0.3) is 11.0 Å². The summed E-state index contributed by atoms with van der Waals surface area (Å²) in [5.41, 5.74) is 1.41. The lowest BCUT2D eigenvalue weighted by molar-refractivity contribution is -0.147. The van der Waals surface area contributed by atoms with Gasteiger partial charge in [0, 0.05) is 19.4 Å². The first-order valence-electron chi connectivity index (χ1n) is 10.0. The largest absolute Gasteiger partial charge is 0.490 e. The third kappa shape index (κ3) is 4.60. The number of halogens is 3. The van der Waals surface area contributed by atoms with Gasteiger partial charge in [-0.2, -0.15) is 13.2 Å². The molecule has 1 aliphatic heterocycles. The molecule has 1 atom stereocenters. The predicted octanol–water partition coefficient (Wildman–Crippen LogP) is 4.48. The van der Waals surface area contributed by atoms with Crippen LogP contribution in [0.5, 0.6) is 11.5 Å². The SMILES string of the molecule is CC(NC(=O)CCn1c(C(F)(F)F)nc2ccccc21)c1ccc2c(c1)OCCCO2. The number of aryl methyl sites for hydroxylation is 1. The fourth-order valence-electron chi connectivity index (χ4n) is 3.58. The number of alkyl halides is 3. The number of rotatable bonds is 5. The van der Waals surface area contributed by atoms with E-state index in [0.29, 0.717) is 30.2 Å². The van der Waals surface area contributed by atoms with E-state index in [9.17, 15) is 18.0 Å². The normalized spacial score (nSPS) is 14.8. The van der Waals surface area contributed by atoms with Gasteiger partial charge in [-0.15, -0.1) is 0 Å². The number of fused-ring (bicyclic) bond motifs is 2. The van der Waals surface area contributed by atoms with E-state index in [4.69, 9.17) is 9.47 Å².